The second-order valence-corrected chi connectivity index (χ2v) is 5.81. The molecule has 0 aliphatic heterocycles. The molecule has 1 aromatic carbocycles. The SMILES string of the molecule is Cc1cc(-c2ncn(/C=C\C(=O)NNc3cccnc3)n2)cc(C(F)(F)F)c1. The lowest BCUT2D eigenvalue weighted by Crippen LogP contribution is -2.27. The summed E-state index contributed by atoms with van der Waals surface area (Å²) < 4.78 is 40.1. The van der Waals surface area contributed by atoms with Crippen molar-refractivity contribution in [1.29, 1.82) is 0 Å². The monoisotopic (exact) mass is 388 g/mol. The van der Waals surface area contributed by atoms with Gasteiger partial charge in [0, 0.05) is 24.0 Å². The van der Waals surface area contributed by atoms with Gasteiger partial charge >= 0.3 is 6.18 Å². The number of aryl methyl sites for hydroxylation is 1. The van der Waals surface area contributed by atoms with Gasteiger partial charge in [-0.3, -0.25) is 20.6 Å². The van der Waals surface area contributed by atoms with Gasteiger partial charge in [0.15, 0.2) is 5.82 Å². The van der Waals surface area contributed by atoms with Crippen LogP contribution in [0.1, 0.15) is 11.1 Å². The maximum absolute atomic E-state index is 13.0. The van der Waals surface area contributed by atoms with E-state index in [1.165, 1.54) is 29.5 Å². The van der Waals surface area contributed by atoms with Crippen LogP contribution in [0.5, 0.6) is 0 Å². The highest BCUT2D eigenvalue weighted by molar-refractivity contribution is 5.90. The van der Waals surface area contributed by atoms with Crippen LogP contribution in [0.3, 0.4) is 0 Å². The first-order valence-corrected chi connectivity index (χ1v) is 8.06. The highest BCUT2D eigenvalue weighted by Gasteiger charge is 2.31. The minimum atomic E-state index is -4.46. The Hall–Kier alpha value is -3.69. The van der Waals surface area contributed by atoms with Crippen LogP contribution in [0.4, 0.5) is 18.9 Å². The number of pyridine rings is 1. The van der Waals surface area contributed by atoms with Crippen LogP contribution in [-0.2, 0) is 11.0 Å². The van der Waals surface area contributed by atoms with E-state index in [9.17, 15) is 18.0 Å². The third-order valence-electron chi connectivity index (χ3n) is 3.54. The maximum atomic E-state index is 13.0. The molecule has 0 bridgehead atoms. The Bertz CT molecular complexity index is 998. The molecule has 2 N–H and O–H groups in total. The summed E-state index contributed by atoms with van der Waals surface area (Å²) in [5.74, 6) is -0.344. The zero-order valence-electron chi connectivity index (χ0n) is 14.6. The van der Waals surface area contributed by atoms with Gasteiger partial charge in [0.2, 0.25) is 0 Å². The van der Waals surface area contributed by atoms with Gasteiger partial charge in [0.05, 0.1) is 17.4 Å². The van der Waals surface area contributed by atoms with E-state index in [0.717, 1.165) is 12.1 Å². The first kappa shape index (κ1) is 19.1. The number of hydrazine groups is 1. The molecule has 0 atom stereocenters. The molecule has 0 saturated carbocycles. The molecule has 0 aliphatic rings. The summed E-state index contributed by atoms with van der Waals surface area (Å²) in [6.07, 6.45) is 2.49. The van der Waals surface area contributed by atoms with Crippen molar-refractivity contribution in [3.63, 3.8) is 0 Å². The Morgan fingerprint density at radius 1 is 1.25 bits per heavy atom. The van der Waals surface area contributed by atoms with Crippen molar-refractivity contribution >= 4 is 17.8 Å². The van der Waals surface area contributed by atoms with Crippen molar-refractivity contribution < 1.29 is 18.0 Å². The van der Waals surface area contributed by atoms with Crippen LogP contribution < -0.4 is 10.9 Å². The lowest BCUT2D eigenvalue weighted by molar-refractivity contribution is -0.137. The summed E-state index contributed by atoms with van der Waals surface area (Å²) >= 11 is 0. The summed E-state index contributed by atoms with van der Waals surface area (Å²) in [5.41, 5.74) is 5.63. The molecule has 3 aromatic rings. The van der Waals surface area contributed by atoms with Gasteiger partial charge in [-0.25, -0.2) is 9.67 Å². The zero-order chi connectivity index (χ0) is 20.1. The number of aromatic nitrogens is 4. The predicted octanol–water partition coefficient (Wildman–Crippen LogP) is 3.28. The van der Waals surface area contributed by atoms with Crippen LogP contribution in [0.15, 0.2) is 55.1 Å². The average molecular weight is 388 g/mol. The second-order valence-electron chi connectivity index (χ2n) is 5.81. The predicted molar refractivity (Wildman–Crippen MR) is 96.5 cm³/mol. The number of hydrogen-bond acceptors (Lipinski definition) is 5. The summed E-state index contributed by atoms with van der Waals surface area (Å²) in [7, 11) is 0. The van der Waals surface area contributed by atoms with Gasteiger partial charge in [0.1, 0.15) is 6.33 Å². The van der Waals surface area contributed by atoms with E-state index < -0.39 is 17.6 Å². The van der Waals surface area contributed by atoms with Crippen molar-refractivity contribution in [2.45, 2.75) is 13.1 Å². The molecule has 2 aromatic heterocycles. The number of halogens is 3. The first-order valence-electron chi connectivity index (χ1n) is 8.06. The van der Waals surface area contributed by atoms with E-state index in [4.69, 9.17) is 0 Å². The quantitative estimate of drug-likeness (QED) is 0.518. The van der Waals surface area contributed by atoms with Gasteiger partial charge in [0.25, 0.3) is 5.91 Å². The van der Waals surface area contributed by atoms with E-state index in [1.54, 1.807) is 31.3 Å². The molecule has 0 radical (unpaired) electrons. The smallest absolute Gasteiger partial charge is 0.297 e. The van der Waals surface area contributed by atoms with Crippen molar-refractivity contribution in [2.75, 3.05) is 5.43 Å². The fourth-order valence-electron chi connectivity index (χ4n) is 2.31. The third-order valence-corrected chi connectivity index (χ3v) is 3.54. The molecule has 0 unspecified atom stereocenters. The largest absolute Gasteiger partial charge is 0.416 e. The number of benzene rings is 1. The number of hydrogen-bond donors (Lipinski definition) is 2. The average Bonchev–Trinajstić information content (AvgIpc) is 3.13. The molecule has 1 amide bonds. The van der Waals surface area contributed by atoms with Crippen LogP contribution in [0, 0.1) is 6.92 Å². The van der Waals surface area contributed by atoms with Gasteiger partial charge in [-0.15, -0.1) is 5.10 Å². The number of carbonyl (C=O) groups excluding carboxylic acids is 1. The minimum Gasteiger partial charge on any atom is -0.297 e. The highest BCUT2D eigenvalue weighted by Crippen LogP contribution is 2.32. The van der Waals surface area contributed by atoms with E-state index in [2.05, 4.69) is 25.9 Å². The van der Waals surface area contributed by atoms with Gasteiger partial charge in [-0.05, 0) is 42.8 Å². The number of carbonyl (C=O) groups is 1. The zero-order valence-corrected chi connectivity index (χ0v) is 14.6. The number of anilines is 1. The minimum absolute atomic E-state index is 0.118. The first-order chi connectivity index (χ1) is 13.3. The molecule has 0 aliphatic carbocycles. The molecule has 3 rings (SSSR count). The number of rotatable bonds is 5. The topological polar surface area (TPSA) is 84.7 Å². The molecular formula is C18H15F3N6O. The summed E-state index contributed by atoms with van der Waals surface area (Å²) in [5, 5.41) is 4.08. The van der Waals surface area contributed by atoms with Crippen molar-refractivity contribution in [3.05, 3.63) is 66.3 Å². The molecule has 28 heavy (non-hydrogen) atoms. The Morgan fingerprint density at radius 3 is 2.79 bits per heavy atom. The number of amides is 1. The molecule has 10 heteroatoms. The van der Waals surface area contributed by atoms with Crippen LogP contribution >= 0.6 is 0 Å². The molecule has 0 fully saturated rings. The van der Waals surface area contributed by atoms with Crippen molar-refractivity contribution in [3.8, 4) is 11.4 Å². The third kappa shape index (κ3) is 4.93. The number of alkyl halides is 3. The van der Waals surface area contributed by atoms with Crippen LogP contribution in [0.25, 0.3) is 17.6 Å². The lowest BCUT2D eigenvalue weighted by Gasteiger charge is -2.09. The Kier molecular flexibility index (Phi) is 5.39. The molecule has 0 spiro atoms. The molecule has 7 nitrogen and oxygen atoms in total. The Morgan fingerprint density at radius 2 is 2.07 bits per heavy atom. The maximum Gasteiger partial charge on any atom is 0.416 e. The van der Waals surface area contributed by atoms with Crippen molar-refractivity contribution in [1.82, 2.24) is 25.2 Å². The fraction of sp³-hybridized carbons (Fsp3) is 0.111. The Labute approximate surface area is 157 Å². The van der Waals surface area contributed by atoms with E-state index in [0.29, 0.717) is 11.3 Å². The molecule has 0 saturated heterocycles. The lowest BCUT2D eigenvalue weighted by atomic mass is 10.1. The molecular weight excluding hydrogens is 373 g/mol. The van der Waals surface area contributed by atoms with Crippen LogP contribution in [-0.4, -0.2) is 25.7 Å². The Balaban J connectivity index is 1.68. The fourth-order valence-corrected chi connectivity index (χ4v) is 2.31. The molecule has 2 heterocycles. The normalized spacial score (nSPS) is 11.6. The van der Waals surface area contributed by atoms with Gasteiger partial charge in [-0.1, -0.05) is 0 Å². The molecule has 144 valence electrons. The second kappa shape index (κ2) is 7.91. The van der Waals surface area contributed by atoms with Crippen LogP contribution in [0.2, 0.25) is 0 Å². The number of nitrogens with one attached hydrogen (secondary N) is 2. The number of nitrogens with zero attached hydrogens (tertiary/aromatic N) is 4. The van der Waals surface area contributed by atoms with E-state index in [-0.39, 0.29) is 11.4 Å². The van der Waals surface area contributed by atoms with Gasteiger partial charge in [-0.2, -0.15) is 13.2 Å². The van der Waals surface area contributed by atoms with Crippen molar-refractivity contribution in [2.24, 2.45) is 0 Å². The van der Waals surface area contributed by atoms with E-state index >= 15 is 0 Å². The highest BCUT2D eigenvalue weighted by atomic mass is 19.4. The summed E-state index contributed by atoms with van der Waals surface area (Å²) in [6.45, 7) is 1.56. The van der Waals surface area contributed by atoms with E-state index in [1.807, 2.05) is 0 Å². The van der Waals surface area contributed by atoms with Gasteiger partial charge < -0.3 is 0 Å². The summed E-state index contributed by atoms with van der Waals surface area (Å²) in [4.78, 5) is 19.7. The standard InChI is InChI=1S/C18H15F3N6O/c1-12-7-13(9-14(8-12)18(19,20)21)17-23-11-27(26-17)6-4-16(28)25-24-15-3-2-5-22-10-15/h2-11,24H,1H3,(H,25,28)/b6-4-. The summed E-state index contributed by atoms with van der Waals surface area (Å²) in [6, 6.07) is 7.03.